The summed E-state index contributed by atoms with van der Waals surface area (Å²) in [5.41, 5.74) is 0.654. The maximum atomic E-state index is 11.5. The molecule has 1 heterocycles. The standard InChI is InChI=1S/C10H14N2O/c1-2-7-6-9(7)12-10(13)8-4-3-5-11-8/h3-5,7,9,11H,2,6H2,1H3,(H,12,13). The Balaban J connectivity index is 1.87. The topological polar surface area (TPSA) is 44.9 Å². The van der Waals surface area contributed by atoms with Crippen LogP contribution in [-0.4, -0.2) is 16.9 Å². The largest absolute Gasteiger partial charge is 0.357 e. The molecule has 1 aromatic heterocycles. The molecular formula is C10H14N2O. The molecule has 1 aliphatic rings. The van der Waals surface area contributed by atoms with Crippen molar-refractivity contribution in [1.29, 1.82) is 0 Å². The van der Waals surface area contributed by atoms with Crippen molar-refractivity contribution < 1.29 is 4.79 Å². The summed E-state index contributed by atoms with van der Waals surface area (Å²) in [5.74, 6) is 0.727. The predicted molar refractivity (Wildman–Crippen MR) is 50.4 cm³/mol. The maximum absolute atomic E-state index is 11.5. The second kappa shape index (κ2) is 3.24. The summed E-state index contributed by atoms with van der Waals surface area (Å²) in [6, 6.07) is 4.04. The highest BCUT2D eigenvalue weighted by Crippen LogP contribution is 2.33. The van der Waals surface area contributed by atoms with Gasteiger partial charge in [-0.2, -0.15) is 0 Å². The van der Waals surface area contributed by atoms with Gasteiger partial charge in [0, 0.05) is 12.2 Å². The molecule has 1 saturated carbocycles. The van der Waals surface area contributed by atoms with Crippen LogP contribution in [0.4, 0.5) is 0 Å². The fourth-order valence-corrected chi connectivity index (χ4v) is 1.59. The second-order valence-electron chi connectivity index (χ2n) is 3.57. The first-order valence-corrected chi connectivity index (χ1v) is 4.75. The third kappa shape index (κ3) is 1.74. The molecule has 2 N–H and O–H groups in total. The van der Waals surface area contributed by atoms with Gasteiger partial charge in [-0.05, 0) is 24.5 Å². The quantitative estimate of drug-likeness (QED) is 0.724. The molecule has 0 spiro atoms. The van der Waals surface area contributed by atoms with Gasteiger partial charge in [0.15, 0.2) is 0 Å². The Morgan fingerprint density at radius 1 is 1.77 bits per heavy atom. The van der Waals surface area contributed by atoms with Crippen LogP contribution in [0.3, 0.4) is 0 Å². The third-order valence-electron chi connectivity index (χ3n) is 2.61. The van der Waals surface area contributed by atoms with E-state index < -0.39 is 0 Å². The second-order valence-corrected chi connectivity index (χ2v) is 3.57. The average molecular weight is 178 g/mol. The molecule has 70 valence electrons. The minimum absolute atomic E-state index is 0.0194. The van der Waals surface area contributed by atoms with Crippen LogP contribution >= 0.6 is 0 Å². The molecule has 0 aliphatic heterocycles. The number of carbonyl (C=O) groups is 1. The number of carbonyl (C=O) groups excluding carboxylic acids is 1. The normalized spacial score (nSPS) is 25.6. The lowest BCUT2D eigenvalue weighted by Gasteiger charge is -2.01. The first kappa shape index (κ1) is 8.35. The molecule has 0 aromatic carbocycles. The van der Waals surface area contributed by atoms with Crippen molar-refractivity contribution in [2.45, 2.75) is 25.8 Å². The smallest absolute Gasteiger partial charge is 0.267 e. The highest BCUT2D eigenvalue weighted by molar-refractivity contribution is 5.92. The zero-order valence-electron chi connectivity index (χ0n) is 7.71. The van der Waals surface area contributed by atoms with Crippen molar-refractivity contribution in [2.75, 3.05) is 0 Å². The van der Waals surface area contributed by atoms with Gasteiger partial charge in [0.05, 0.1) is 0 Å². The zero-order chi connectivity index (χ0) is 9.26. The van der Waals surface area contributed by atoms with E-state index in [0.717, 1.165) is 12.8 Å². The van der Waals surface area contributed by atoms with Crippen LogP contribution in [0.1, 0.15) is 30.3 Å². The fourth-order valence-electron chi connectivity index (χ4n) is 1.59. The van der Waals surface area contributed by atoms with Gasteiger partial charge in [0.1, 0.15) is 5.69 Å². The summed E-state index contributed by atoms with van der Waals surface area (Å²) in [6.45, 7) is 2.16. The molecular weight excluding hydrogens is 164 g/mol. The van der Waals surface area contributed by atoms with Crippen LogP contribution in [0, 0.1) is 5.92 Å². The van der Waals surface area contributed by atoms with Gasteiger partial charge in [-0.15, -0.1) is 0 Å². The molecule has 0 saturated heterocycles. The van der Waals surface area contributed by atoms with Crippen molar-refractivity contribution in [3.63, 3.8) is 0 Å². The minimum Gasteiger partial charge on any atom is -0.357 e. The van der Waals surface area contributed by atoms with Crippen molar-refractivity contribution in [1.82, 2.24) is 10.3 Å². The number of H-pyrrole nitrogens is 1. The summed E-state index contributed by atoms with van der Waals surface area (Å²) in [5, 5.41) is 2.99. The lowest BCUT2D eigenvalue weighted by atomic mass is 10.3. The molecule has 13 heavy (non-hydrogen) atoms. The first-order chi connectivity index (χ1) is 6.31. The van der Waals surface area contributed by atoms with Crippen molar-refractivity contribution in [3.8, 4) is 0 Å². The third-order valence-corrected chi connectivity index (χ3v) is 2.61. The fraction of sp³-hybridized carbons (Fsp3) is 0.500. The Morgan fingerprint density at radius 2 is 2.62 bits per heavy atom. The Hall–Kier alpha value is -1.25. The molecule has 2 unspecified atom stereocenters. The van der Waals surface area contributed by atoms with Gasteiger partial charge < -0.3 is 10.3 Å². The Kier molecular flexibility index (Phi) is 2.08. The van der Waals surface area contributed by atoms with Crippen LogP contribution in [0.25, 0.3) is 0 Å². The highest BCUT2D eigenvalue weighted by Gasteiger charge is 2.36. The number of hydrogen-bond acceptors (Lipinski definition) is 1. The van der Waals surface area contributed by atoms with E-state index in [-0.39, 0.29) is 5.91 Å². The molecule has 2 rings (SSSR count). The molecule has 0 bridgehead atoms. The van der Waals surface area contributed by atoms with E-state index in [1.54, 1.807) is 12.3 Å². The summed E-state index contributed by atoms with van der Waals surface area (Å²) >= 11 is 0. The van der Waals surface area contributed by atoms with Crippen LogP contribution in [0.2, 0.25) is 0 Å². The SMILES string of the molecule is CCC1CC1NC(=O)c1ccc[nH]1. The number of rotatable bonds is 3. The number of nitrogens with one attached hydrogen (secondary N) is 2. The van der Waals surface area contributed by atoms with E-state index in [4.69, 9.17) is 0 Å². The van der Waals surface area contributed by atoms with E-state index >= 15 is 0 Å². The van der Waals surface area contributed by atoms with Crippen molar-refractivity contribution in [2.24, 2.45) is 5.92 Å². The summed E-state index contributed by atoms with van der Waals surface area (Å²) in [4.78, 5) is 14.4. The average Bonchev–Trinajstić information content (AvgIpc) is 2.68. The van der Waals surface area contributed by atoms with E-state index in [0.29, 0.717) is 17.7 Å². The molecule has 1 amide bonds. The summed E-state index contributed by atoms with van der Waals surface area (Å²) in [7, 11) is 0. The number of hydrogen-bond donors (Lipinski definition) is 2. The van der Waals surface area contributed by atoms with Crippen LogP contribution in [0.15, 0.2) is 18.3 Å². The number of aromatic amines is 1. The van der Waals surface area contributed by atoms with Gasteiger partial charge in [-0.3, -0.25) is 4.79 Å². The van der Waals surface area contributed by atoms with Gasteiger partial charge >= 0.3 is 0 Å². The van der Waals surface area contributed by atoms with Crippen LogP contribution in [-0.2, 0) is 0 Å². The zero-order valence-corrected chi connectivity index (χ0v) is 7.71. The monoisotopic (exact) mass is 178 g/mol. The lowest BCUT2D eigenvalue weighted by Crippen LogP contribution is -2.26. The van der Waals surface area contributed by atoms with E-state index in [9.17, 15) is 4.79 Å². The number of aromatic nitrogens is 1. The molecule has 1 aromatic rings. The van der Waals surface area contributed by atoms with Gasteiger partial charge in [0.2, 0.25) is 0 Å². The highest BCUT2D eigenvalue weighted by atomic mass is 16.2. The summed E-state index contributed by atoms with van der Waals surface area (Å²) in [6.07, 6.45) is 4.07. The molecule has 2 atom stereocenters. The van der Waals surface area contributed by atoms with Crippen LogP contribution in [0.5, 0.6) is 0 Å². The van der Waals surface area contributed by atoms with E-state index in [1.165, 1.54) is 0 Å². The van der Waals surface area contributed by atoms with Crippen molar-refractivity contribution >= 4 is 5.91 Å². The minimum atomic E-state index is 0.0194. The van der Waals surface area contributed by atoms with Gasteiger partial charge in [-0.25, -0.2) is 0 Å². The molecule has 1 aliphatic carbocycles. The van der Waals surface area contributed by atoms with Gasteiger partial charge in [-0.1, -0.05) is 13.3 Å². The molecule has 3 heteroatoms. The first-order valence-electron chi connectivity index (χ1n) is 4.75. The van der Waals surface area contributed by atoms with E-state index in [1.807, 2.05) is 6.07 Å². The Bertz CT molecular complexity index is 292. The van der Waals surface area contributed by atoms with Crippen LogP contribution < -0.4 is 5.32 Å². The van der Waals surface area contributed by atoms with Crippen molar-refractivity contribution in [3.05, 3.63) is 24.0 Å². The van der Waals surface area contributed by atoms with E-state index in [2.05, 4.69) is 17.2 Å². The molecule has 0 radical (unpaired) electrons. The number of amides is 1. The molecule has 1 fully saturated rings. The molecule has 3 nitrogen and oxygen atoms in total. The summed E-state index contributed by atoms with van der Waals surface area (Å²) < 4.78 is 0. The predicted octanol–water partition coefficient (Wildman–Crippen LogP) is 1.54. The maximum Gasteiger partial charge on any atom is 0.267 e. The Labute approximate surface area is 77.5 Å². The van der Waals surface area contributed by atoms with Gasteiger partial charge in [0.25, 0.3) is 5.91 Å². The lowest BCUT2D eigenvalue weighted by molar-refractivity contribution is 0.0944. The Morgan fingerprint density at radius 3 is 3.15 bits per heavy atom.